The van der Waals surface area contributed by atoms with E-state index in [4.69, 9.17) is 0 Å². The number of hydrogen-bond donors (Lipinski definition) is 2. The number of ether oxygens (including phenoxy) is 1. The Balaban J connectivity index is 1.74. The molecule has 3 aromatic rings. The van der Waals surface area contributed by atoms with Crippen molar-refractivity contribution >= 4 is 39.3 Å². The van der Waals surface area contributed by atoms with Gasteiger partial charge in [0.15, 0.2) is 5.13 Å². The molecule has 0 saturated carbocycles. The first-order valence-electron chi connectivity index (χ1n) is 9.56. The molecule has 0 unspecified atom stereocenters. The van der Waals surface area contributed by atoms with Crippen molar-refractivity contribution in [3.8, 4) is 5.13 Å². The van der Waals surface area contributed by atoms with Crippen LogP contribution >= 0.6 is 11.3 Å². The van der Waals surface area contributed by atoms with E-state index < -0.39 is 17.9 Å². The van der Waals surface area contributed by atoms with Crippen molar-refractivity contribution in [1.82, 2.24) is 20.2 Å². The maximum absolute atomic E-state index is 12.8. The van der Waals surface area contributed by atoms with Crippen molar-refractivity contribution in [3.63, 3.8) is 0 Å². The first kappa shape index (κ1) is 21.5. The summed E-state index contributed by atoms with van der Waals surface area (Å²) in [5.41, 5.74) is 1.24. The smallest absolute Gasteiger partial charge is 0.325 e. The van der Waals surface area contributed by atoms with Gasteiger partial charge < -0.3 is 19.9 Å². The van der Waals surface area contributed by atoms with Gasteiger partial charge >= 0.3 is 5.97 Å². The van der Waals surface area contributed by atoms with E-state index in [1.54, 1.807) is 18.2 Å². The van der Waals surface area contributed by atoms with Crippen LogP contribution in [0.15, 0.2) is 42.7 Å². The highest BCUT2D eigenvalue weighted by molar-refractivity contribution is 7.20. The summed E-state index contributed by atoms with van der Waals surface area (Å²) in [5.74, 6) is -1.15. The van der Waals surface area contributed by atoms with Crippen LogP contribution in [-0.2, 0) is 14.3 Å². The molecule has 8 nitrogen and oxygen atoms in total. The van der Waals surface area contributed by atoms with Crippen LogP contribution in [0.25, 0.3) is 15.3 Å². The number of hydrogen-bond acceptors (Lipinski definition) is 6. The summed E-state index contributed by atoms with van der Waals surface area (Å²) in [4.78, 5) is 41.1. The molecule has 30 heavy (non-hydrogen) atoms. The molecule has 2 N–H and O–H groups in total. The van der Waals surface area contributed by atoms with Crippen molar-refractivity contribution in [3.05, 3.63) is 48.3 Å². The molecule has 2 heterocycles. The van der Waals surface area contributed by atoms with Crippen molar-refractivity contribution < 1.29 is 19.1 Å². The van der Waals surface area contributed by atoms with E-state index in [1.807, 2.05) is 42.9 Å². The van der Waals surface area contributed by atoms with Gasteiger partial charge in [-0.15, -0.1) is 0 Å². The number of fused-ring (bicyclic) bond motifs is 1. The fourth-order valence-electron chi connectivity index (χ4n) is 2.93. The minimum absolute atomic E-state index is 0.173. The third kappa shape index (κ3) is 5.24. The fraction of sp³-hybridized carbons (Fsp3) is 0.333. The summed E-state index contributed by atoms with van der Waals surface area (Å²) in [6.07, 6.45) is 4.27. The number of esters is 1. The van der Waals surface area contributed by atoms with Gasteiger partial charge in [0.25, 0.3) is 5.91 Å². The zero-order valence-electron chi connectivity index (χ0n) is 17.0. The normalized spacial score (nSPS) is 12.0. The largest absolute Gasteiger partial charge is 0.468 e. The maximum atomic E-state index is 12.8. The number of rotatable bonds is 8. The van der Waals surface area contributed by atoms with Crippen LogP contribution < -0.4 is 10.6 Å². The minimum atomic E-state index is -0.755. The summed E-state index contributed by atoms with van der Waals surface area (Å²) in [6, 6.07) is 8.34. The van der Waals surface area contributed by atoms with Gasteiger partial charge in [0.05, 0.1) is 17.3 Å². The lowest BCUT2D eigenvalue weighted by molar-refractivity contribution is -0.141. The minimum Gasteiger partial charge on any atom is -0.468 e. The van der Waals surface area contributed by atoms with Gasteiger partial charge in [-0.1, -0.05) is 25.2 Å². The van der Waals surface area contributed by atoms with Crippen LogP contribution in [0.1, 0.15) is 30.6 Å². The van der Waals surface area contributed by atoms with Gasteiger partial charge in [0.2, 0.25) is 5.91 Å². The van der Waals surface area contributed by atoms with Gasteiger partial charge in [-0.05, 0) is 42.7 Å². The van der Waals surface area contributed by atoms with Gasteiger partial charge in [0, 0.05) is 18.0 Å². The SMILES string of the molecule is COC(=O)CNC(=O)[C@@H](CC(C)C)NC(=O)c1ccc2nc(-n3cccc3)sc2c1. The zero-order chi connectivity index (χ0) is 21.7. The molecule has 0 aliphatic heterocycles. The lowest BCUT2D eigenvalue weighted by Crippen LogP contribution is -2.48. The number of methoxy groups -OCH3 is 1. The molecule has 1 aromatic carbocycles. The third-order valence-corrected chi connectivity index (χ3v) is 5.46. The Labute approximate surface area is 178 Å². The maximum Gasteiger partial charge on any atom is 0.325 e. The van der Waals surface area contributed by atoms with E-state index >= 15 is 0 Å². The summed E-state index contributed by atoms with van der Waals surface area (Å²) >= 11 is 1.48. The molecular weight excluding hydrogens is 404 g/mol. The van der Waals surface area contributed by atoms with Crippen LogP contribution in [0, 0.1) is 5.92 Å². The second-order valence-corrected chi connectivity index (χ2v) is 8.23. The van der Waals surface area contributed by atoms with Crippen LogP contribution in [0.3, 0.4) is 0 Å². The number of benzene rings is 1. The molecule has 1 atom stereocenters. The lowest BCUT2D eigenvalue weighted by Gasteiger charge is -2.20. The van der Waals surface area contributed by atoms with Crippen LogP contribution in [0.5, 0.6) is 0 Å². The third-order valence-electron chi connectivity index (χ3n) is 4.43. The number of carbonyl (C=O) groups is 3. The Morgan fingerprint density at radius 3 is 2.60 bits per heavy atom. The van der Waals surface area contributed by atoms with Crippen molar-refractivity contribution in [2.24, 2.45) is 5.92 Å². The zero-order valence-corrected chi connectivity index (χ0v) is 17.9. The van der Waals surface area contributed by atoms with E-state index in [-0.39, 0.29) is 18.4 Å². The van der Waals surface area contributed by atoms with Gasteiger partial charge in [-0.3, -0.25) is 14.4 Å². The Morgan fingerprint density at radius 1 is 1.20 bits per heavy atom. The second-order valence-electron chi connectivity index (χ2n) is 7.22. The quantitative estimate of drug-likeness (QED) is 0.537. The molecule has 158 valence electrons. The average Bonchev–Trinajstić information content (AvgIpc) is 3.39. The summed E-state index contributed by atoms with van der Waals surface area (Å²) < 4.78 is 7.32. The summed E-state index contributed by atoms with van der Waals surface area (Å²) in [5, 5.41) is 6.10. The highest BCUT2D eigenvalue weighted by Crippen LogP contribution is 2.26. The number of nitrogens with one attached hydrogen (secondary N) is 2. The molecule has 0 bridgehead atoms. The molecule has 9 heteroatoms. The van der Waals surface area contributed by atoms with Gasteiger partial charge in [0.1, 0.15) is 12.6 Å². The number of carbonyl (C=O) groups excluding carboxylic acids is 3. The van der Waals surface area contributed by atoms with E-state index in [0.717, 1.165) is 15.3 Å². The van der Waals surface area contributed by atoms with Crippen molar-refractivity contribution in [2.75, 3.05) is 13.7 Å². The predicted octanol–water partition coefficient (Wildman–Crippen LogP) is 2.52. The summed E-state index contributed by atoms with van der Waals surface area (Å²) in [6.45, 7) is 3.67. The Kier molecular flexibility index (Phi) is 6.83. The fourth-order valence-corrected chi connectivity index (χ4v) is 3.90. The van der Waals surface area contributed by atoms with Crippen molar-refractivity contribution in [2.45, 2.75) is 26.3 Å². The van der Waals surface area contributed by atoms with Crippen molar-refractivity contribution in [1.29, 1.82) is 0 Å². The molecule has 0 radical (unpaired) electrons. The average molecular weight is 429 g/mol. The summed E-state index contributed by atoms with van der Waals surface area (Å²) in [7, 11) is 1.25. The van der Waals surface area contributed by atoms with Gasteiger partial charge in [-0.2, -0.15) is 0 Å². The number of nitrogens with zero attached hydrogens (tertiary/aromatic N) is 2. The van der Waals surface area contributed by atoms with E-state index in [1.165, 1.54) is 18.4 Å². The first-order chi connectivity index (χ1) is 14.4. The lowest BCUT2D eigenvalue weighted by atomic mass is 10.0. The van der Waals surface area contributed by atoms with E-state index in [9.17, 15) is 14.4 Å². The molecule has 2 amide bonds. The molecule has 3 rings (SSSR count). The number of aromatic nitrogens is 2. The molecule has 0 aliphatic carbocycles. The molecule has 2 aromatic heterocycles. The molecule has 0 aliphatic rings. The Morgan fingerprint density at radius 2 is 1.93 bits per heavy atom. The Hall–Kier alpha value is -3.20. The highest BCUT2D eigenvalue weighted by Gasteiger charge is 2.23. The monoisotopic (exact) mass is 428 g/mol. The van der Waals surface area contributed by atoms with E-state index in [2.05, 4.69) is 20.4 Å². The van der Waals surface area contributed by atoms with Crippen LogP contribution in [0.4, 0.5) is 0 Å². The molecule has 0 spiro atoms. The topological polar surface area (TPSA) is 102 Å². The Bertz CT molecular complexity index is 1040. The molecule has 0 saturated heterocycles. The number of thiazole rings is 1. The number of amides is 2. The van der Waals surface area contributed by atoms with Crippen LogP contribution in [0.2, 0.25) is 0 Å². The first-order valence-corrected chi connectivity index (χ1v) is 10.4. The standard InChI is InChI=1S/C21H24N4O4S/c1-13(2)10-16(20(28)22-12-18(26)29-3)23-19(27)14-6-7-15-17(11-14)30-21(24-15)25-8-4-5-9-25/h4-9,11,13,16H,10,12H2,1-3H3,(H,22,28)(H,23,27)/t16-/m1/s1. The second kappa shape index (κ2) is 9.53. The highest BCUT2D eigenvalue weighted by atomic mass is 32.1. The van der Waals surface area contributed by atoms with Crippen LogP contribution in [-0.4, -0.2) is 47.0 Å². The van der Waals surface area contributed by atoms with E-state index in [0.29, 0.717) is 12.0 Å². The molecule has 0 fully saturated rings. The predicted molar refractivity (Wildman–Crippen MR) is 115 cm³/mol. The molecular formula is C21H24N4O4S. The van der Waals surface area contributed by atoms with Gasteiger partial charge in [-0.25, -0.2) is 4.98 Å².